The number of benzene rings is 2. The van der Waals surface area contributed by atoms with E-state index < -0.39 is 0 Å². The minimum absolute atomic E-state index is 0.0356. The van der Waals surface area contributed by atoms with E-state index in [2.05, 4.69) is 20.7 Å². The van der Waals surface area contributed by atoms with Crippen molar-refractivity contribution in [3.63, 3.8) is 0 Å². The first-order chi connectivity index (χ1) is 13.5. The lowest BCUT2D eigenvalue weighted by Crippen LogP contribution is -2.28. The van der Waals surface area contributed by atoms with E-state index in [4.69, 9.17) is 16.3 Å². The van der Waals surface area contributed by atoms with Crippen LogP contribution in [-0.4, -0.2) is 27.8 Å². The normalized spacial score (nSPS) is 18.1. The minimum Gasteiger partial charge on any atom is -0.497 e. The van der Waals surface area contributed by atoms with Gasteiger partial charge in [0.15, 0.2) is 0 Å². The van der Waals surface area contributed by atoms with Gasteiger partial charge < -0.3 is 10.1 Å². The largest absolute Gasteiger partial charge is 0.497 e. The molecule has 144 valence electrons. The highest BCUT2D eigenvalue weighted by atomic mass is 35.5. The fourth-order valence-corrected chi connectivity index (χ4v) is 3.53. The lowest BCUT2D eigenvalue weighted by atomic mass is 9.93. The molecular weight excluding hydrogens is 378 g/mol. The lowest BCUT2D eigenvalue weighted by molar-refractivity contribution is -0.114. The topological polar surface area (TPSA) is 81.1 Å². The second-order valence-electron chi connectivity index (χ2n) is 6.66. The maximum Gasteiger partial charge on any atom is 0.250 e. The number of amides is 1. The molecule has 0 radical (unpaired) electrons. The van der Waals surface area contributed by atoms with Crippen LogP contribution in [0.5, 0.6) is 5.75 Å². The summed E-state index contributed by atoms with van der Waals surface area (Å²) in [6.07, 6.45) is 0.768. The Bertz CT molecular complexity index is 985. The maximum absolute atomic E-state index is 11.4. The van der Waals surface area contributed by atoms with Gasteiger partial charge >= 0.3 is 0 Å². The summed E-state index contributed by atoms with van der Waals surface area (Å²) >= 11 is 6.06. The smallest absolute Gasteiger partial charge is 0.250 e. The SMILES string of the molecule is COc1ccc([C@@H]2C[C@@H](c3ccc(Cl)cc3)n3nc(NC(C)=O)nc3N2)cc1. The Morgan fingerprint density at radius 2 is 1.86 bits per heavy atom. The van der Waals surface area contributed by atoms with Gasteiger partial charge in [-0.1, -0.05) is 35.9 Å². The van der Waals surface area contributed by atoms with Gasteiger partial charge in [-0.25, -0.2) is 4.68 Å². The van der Waals surface area contributed by atoms with Gasteiger partial charge in [-0.2, -0.15) is 4.98 Å². The highest BCUT2D eigenvalue weighted by Gasteiger charge is 2.31. The van der Waals surface area contributed by atoms with Crippen LogP contribution in [0.2, 0.25) is 5.02 Å². The van der Waals surface area contributed by atoms with Crippen molar-refractivity contribution in [1.29, 1.82) is 0 Å². The van der Waals surface area contributed by atoms with Gasteiger partial charge in [0, 0.05) is 11.9 Å². The number of methoxy groups -OCH3 is 1. The predicted octanol–water partition coefficient (Wildman–Crippen LogP) is 4.04. The molecule has 0 spiro atoms. The van der Waals surface area contributed by atoms with E-state index >= 15 is 0 Å². The third-order valence-electron chi connectivity index (χ3n) is 4.75. The molecule has 0 fully saturated rings. The van der Waals surface area contributed by atoms with E-state index in [1.165, 1.54) is 6.92 Å². The fourth-order valence-electron chi connectivity index (χ4n) is 3.41. The molecule has 0 saturated heterocycles. The van der Waals surface area contributed by atoms with Crippen LogP contribution < -0.4 is 15.4 Å². The van der Waals surface area contributed by atoms with Crippen molar-refractivity contribution in [2.45, 2.75) is 25.4 Å². The van der Waals surface area contributed by atoms with Crippen LogP contribution in [0.3, 0.4) is 0 Å². The molecule has 0 saturated carbocycles. The van der Waals surface area contributed by atoms with Crippen molar-refractivity contribution in [1.82, 2.24) is 14.8 Å². The Kier molecular flexibility index (Phi) is 4.92. The molecule has 28 heavy (non-hydrogen) atoms. The standard InChI is InChI=1S/C20H20ClN5O2/c1-12(27)22-19-24-20-23-17(13-5-9-16(28-2)10-6-13)11-18(26(20)25-19)14-3-7-15(21)8-4-14/h3-10,17-18H,11H2,1-2H3,(H2,22,23,24,25,27)/t17-,18-/m0/s1. The molecule has 8 heteroatoms. The van der Waals surface area contributed by atoms with Crippen molar-refractivity contribution in [2.24, 2.45) is 0 Å². The second-order valence-corrected chi connectivity index (χ2v) is 7.09. The number of halogens is 1. The quantitative estimate of drug-likeness (QED) is 0.694. The van der Waals surface area contributed by atoms with Crippen molar-refractivity contribution in [3.05, 3.63) is 64.7 Å². The molecule has 0 aliphatic carbocycles. The summed E-state index contributed by atoms with van der Waals surface area (Å²) in [6.45, 7) is 1.43. The predicted molar refractivity (Wildman–Crippen MR) is 108 cm³/mol. The summed E-state index contributed by atoms with van der Waals surface area (Å²) < 4.78 is 7.07. The number of nitrogens with one attached hydrogen (secondary N) is 2. The van der Waals surface area contributed by atoms with Gasteiger partial charge in [0.2, 0.25) is 11.9 Å². The average molecular weight is 398 g/mol. The molecule has 0 unspecified atom stereocenters. The van der Waals surface area contributed by atoms with Crippen molar-refractivity contribution < 1.29 is 9.53 Å². The fraction of sp³-hybridized carbons (Fsp3) is 0.250. The molecule has 0 bridgehead atoms. The van der Waals surface area contributed by atoms with Crippen molar-refractivity contribution in [3.8, 4) is 5.75 Å². The highest BCUT2D eigenvalue weighted by Crippen LogP contribution is 2.38. The molecule has 1 aliphatic heterocycles. The zero-order valence-corrected chi connectivity index (χ0v) is 16.3. The van der Waals surface area contributed by atoms with Gasteiger partial charge in [0.25, 0.3) is 5.95 Å². The Hall–Kier alpha value is -3.06. The van der Waals surface area contributed by atoms with Crippen LogP contribution in [0.25, 0.3) is 0 Å². The summed E-state index contributed by atoms with van der Waals surface area (Å²) in [4.78, 5) is 15.9. The van der Waals surface area contributed by atoms with Gasteiger partial charge in [-0.15, -0.1) is 5.10 Å². The average Bonchev–Trinajstić information content (AvgIpc) is 3.09. The van der Waals surface area contributed by atoms with E-state index in [9.17, 15) is 4.79 Å². The maximum atomic E-state index is 11.4. The first-order valence-electron chi connectivity index (χ1n) is 8.93. The molecule has 4 rings (SSSR count). The van der Waals surface area contributed by atoms with Crippen LogP contribution in [0.15, 0.2) is 48.5 Å². The number of hydrogen-bond donors (Lipinski definition) is 2. The first-order valence-corrected chi connectivity index (χ1v) is 9.31. The summed E-state index contributed by atoms with van der Waals surface area (Å²) in [7, 11) is 1.65. The number of rotatable bonds is 4. The van der Waals surface area contributed by atoms with E-state index in [0.29, 0.717) is 11.0 Å². The van der Waals surface area contributed by atoms with Crippen LogP contribution in [0, 0.1) is 0 Å². The second kappa shape index (κ2) is 7.52. The van der Waals surface area contributed by atoms with E-state index in [0.717, 1.165) is 23.3 Å². The Balaban J connectivity index is 1.72. The summed E-state index contributed by atoms with van der Waals surface area (Å²) in [5.74, 6) is 1.49. The highest BCUT2D eigenvalue weighted by molar-refractivity contribution is 6.30. The monoisotopic (exact) mass is 397 g/mol. The number of carbonyl (C=O) groups excluding carboxylic acids is 1. The number of nitrogens with zero attached hydrogens (tertiary/aromatic N) is 3. The molecule has 1 amide bonds. The van der Waals surface area contributed by atoms with Gasteiger partial charge in [-0.05, 0) is 41.8 Å². The molecular formula is C20H20ClN5O2. The molecule has 1 aromatic heterocycles. The molecule has 2 atom stereocenters. The van der Waals surface area contributed by atoms with Gasteiger partial charge in [0.05, 0.1) is 19.2 Å². The zero-order valence-electron chi connectivity index (χ0n) is 15.5. The molecule has 1 aliphatic rings. The first kappa shape index (κ1) is 18.3. The van der Waals surface area contributed by atoms with E-state index in [-0.39, 0.29) is 23.9 Å². The van der Waals surface area contributed by atoms with Crippen molar-refractivity contribution in [2.75, 3.05) is 17.7 Å². The summed E-state index contributed by atoms with van der Waals surface area (Å²) in [6, 6.07) is 15.7. The summed E-state index contributed by atoms with van der Waals surface area (Å²) in [5, 5.41) is 11.2. The lowest BCUT2D eigenvalue weighted by Gasteiger charge is -2.31. The molecule has 2 aromatic carbocycles. The number of aromatic nitrogens is 3. The van der Waals surface area contributed by atoms with Gasteiger partial charge in [0.1, 0.15) is 5.75 Å². The third-order valence-corrected chi connectivity index (χ3v) is 5.00. The third kappa shape index (κ3) is 3.66. The molecule has 3 aromatic rings. The van der Waals surface area contributed by atoms with E-state index in [1.807, 2.05) is 53.2 Å². The number of hydrogen-bond acceptors (Lipinski definition) is 5. The van der Waals surface area contributed by atoms with E-state index in [1.54, 1.807) is 7.11 Å². The van der Waals surface area contributed by atoms with Crippen LogP contribution in [0.4, 0.5) is 11.9 Å². The van der Waals surface area contributed by atoms with Crippen molar-refractivity contribution >= 4 is 29.4 Å². The number of carbonyl (C=O) groups is 1. The number of anilines is 2. The Morgan fingerprint density at radius 1 is 1.18 bits per heavy atom. The van der Waals surface area contributed by atoms with Crippen LogP contribution in [0.1, 0.15) is 36.6 Å². The Labute approximate surface area is 167 Å². The Morgan fingerprint density at radius 3 is 2.50 bits per heavy atom. The number of fused-ring (bicyclic) bond motifs is 1. The molecule has 2 heterocycles. The van der Waals surface area contributed by atoms with Crippen LogP contribution >= 0.6 is 11.6 Å². The van der Waals surface area contributed by atoms with Gasteiger partial charge in [-0.3, -0.25) is 10.1 Å². The summed E-state index contributed by atoms with van der Waals surface area (Å²) in [5.41, 5.74) is 2.19. The molecule has 2 N–H and O–H groups in total. The minimum atomic E-state index is -0.210. The number of ether oxygens (including phenoxy) is 1. The van der Waals surface area contributed by atoms with Crippen LogP contribution in [-0.2, 0) is 4.79 Å². The zero-order chi connectivity index (χ0) is 19.7. The molecule has 7 nitrogen and oxygen atoms in total.